The lowest BCUT2D eigenvalue weighted by Crippen LogP contribution is -2.10. The summed E-state index contributed by atoms with van der Waals surface area (Å²) in [6.45, 7) is 0. The van der Waals surface area contributed by atoms with Crippen molar-refractivity contribution >= 4 is 21.9 Å². The maximum absolute atomic E-state index is 12.9. The third-order valence-corrected chi connectivity index (χ3v) is 2.84. The summed E-state index contributed by atoms with van der Waals surface area (Å²) < 4.78 is 40.0. The molecular weight excluding hydrogens is 329 g/mol. The Kier molecular flexibility index (Phi) is 3.36. The Morgan fingerprint density at radius 2 is 2.05 bits per heavy atom. The number of imidazole rings is 1. The number of aromatic carboxylic acids is 1. The third kappa shape index (κ3) is 2.78. The van der Waals surface area contributed by atoms with E-state index in [0.717, 1.165) is 23.2 Å². The number of rotatable bonds is 2. The normalized spacial score (nSPS) is 11.6. The third-order valence-electron chi connectivity index (χ3n) is 2.34. The van der Waals surface area contributed by atoms with Crippen molar-refractivity contribution in [1.29, 1.82) is 0 Å². The van der Waals surface area contributed by atoms with Gasteiger partial charge in [-0.25, -0.2) is 9.78 Å². The summed E-state index contributed by atoms with van der Waals surface area (Å²) in [5.41, 5.74) is -1.39. The number of nitrogens with zero attached hydrogens (tertiary/aromatic N) is 2. The van der Waals surface area contributed by atoms with E-state index in [1.54, 1.807) is 0 Å². The Bertz CT molecular complexity index is 637. The lowest BCUT2D eigenvalue weighted by Gasteiger charge is -2.13. The van der Waals surface area contributed by atoms with E-state index in [1.807, 2.05) is 0 Å². The molecule has 0 saturated carbocycles. The quantitative estimate of drug-likeness (QED) is 0.916. The van der Waals surface area contributed by atoms with Crippen LogP contribution in [0.15, 0.2) is 35.2 Å². The van der Waals surface area contributed by atoms with E-state index in [-0.39, 0.29) is 15.9 Å². The number of hydrogen-bond acceptors (Lipinski definition) is 2. The van der Waals surface area contributed by atoms with Crippen molar-refractivity contribution in [2.45, 2.75) is 6.18 Å². The monoisotopic (exact) mass is 334 g/mol. The molecule has 100 valence electrons. The maximum Gasteiger partial charge on any atom is 0.418 e. The minimum Gasteiger partial charge on any atom is -0.476 e. The zero-order valence-electron chi connectivity index (χ0n) is 9.15. The summed E-state index contributed by atoms with van der Waals surface area (Å²) in [6, 6.07) is 3.60. The lowest BCUT2D eigenvalue weighted by atomic mass is 10.1. The summed E-state index contributed by atoms with van der Waals surface area (Å²) in [4.78, 5) is 14.2. The van der Waals surface area contributed by atoms with Crippen LogP contribution in [0.5, 0.6) is 0 Å². The van der Waals surface area contributed by atoms with Crippen LogP contribution in [0.1, 0.15) is 16.1 Å². The van der Waals surface area contributed by atoms with E-state index < -0.39 is 17.7 Å². The Morgan fingerprint density at radius 3 is 2.58 bits per heavy atom. The van der Waals surface area contributed by atoms with Gasteiger partial charge in [0.2, 0.25) is 0 Å². The first-order valence-electron chi connectivity index (χ1n) is 4.93. The van der Waals surface area contributed by atoms with Gasteiger partial charge in [0.1, 0.15) is 6.33 Å². The van der Waals surface area contributed by atoms with Gasteiger partial charge in [0, 0.05) is 10.7 Å². The van der Waals surface area contributed by atoms with Gasteiger partial charge in [0.05, 0.1) is 11.3 Å². The average molecular weight is 335 g/mol. The average Bonchev–Trinajstić information content (AvgIpc) is 2.77. The molecule has 8 heteroatoms. The fraction of sp³-hybridized carbons (Fsp3) is 0.0909. The highest BCUT2D eigenvalue weighted by atomic mass is 79.9. The minimum atomic E-state index is -4.55. The summed E-state index contributed by atoms with van der Waals surface area (Å²) >= 11 is 2.97. The van der Waals surface area contributed by atoms with Crippen LogP contribution in [0, 0.1) is 0 Å². The van der Waals surface area contributed by atoms with Gasteiger partial charge < -0.3 is 9.67 Å². The molecule has 1 aromatic heterocycles. The molecule has 0 saturated heterocycles. The Balaban J connectivity index is 2.58. The maximum atomic E-state index is 12.9. The molecule has 0 amide bonds. The van der Waals surface area contributed by atoms with Gasteiger partial charge in [0.15, 0.2) is 5.69 Å². The molecule has 4 nitrogen and oxygen atoms in total. The SMILES string of the molecule is O=C(O)c1cn(-c2ccc(Br)cc2C(F)(F)F)cn1. The van der Waals surface area contributed by atoms with Crippen molar-refractivity contribution in [3.8, 4) is 5.69 Å². The minimum absolute atomic E-state index is 0.185. The van der Waals surface area contributed by atoms with Crippen molar-refractivity contribution in [1.82, 2.24) is 9.55 Å². The Labute approximate surface area is 113 Å². The fourth-order valence-electron chi connectivity index (χ4n) is 1.53. The van der Waals surface area contributed by atoms with Crippen LogP contribution in [-0.4, -0.2) is 20.6 Å². The van der Waals surface area contributed by atoms with E-state index in [1.165, 1.54) is 12.1 Å². The molecule has 2 aromatic rings. The summed E-state index contributed by atoms with van der Waals surface area (Å²) in [5, 5.41) is 8.71. The predicted molar refractivity (Wildman–Crippen MR) is 63.2 cm³/mol. The van der Waals surface area contributed by atoms with E-state index in [0.29, 0.717) is 0 Å². The number of hydrogen-bond donors (Lipinski definition) is 1. The fourth-order valence-corrected chi connectivity index (χ4v) is 1.89. The second kappa shape index (κ2) is 4.69. The Morgan fingerprint density at radius 1 is 1.37 bits per heavy atom. The number of carboxylic acid groups (broad SMARTS) is 1. The molecule has 0 fully saturated rings. The zero-order chi connectivity index (χ0) is 14.2. The number of halogens is 4. The van der Waals surface area contributed by atoms with Crippen LogP contribution in [0.25, 0.3) is 5.69 Å². The molecule has 1 N–H and O–H groups in total. The van der Waals surface area contributed by atoms with Gasteiger partial charge in [-0.1, -0.05) is 15.9 Å². The standard InChI is InChI=1S/C11H6BrF3N2O2/c12-6-1-2-9(7(3-6)11(13,14)15)17-4-8(10(18)19)16-5-17/h1-5H,(H,18,19). The predicted octanol–water partition coefficient (Wildman–Crippen LogP) is 3.35. The van der Waals surface area contributed by atoms with Crippen LogP contribution < -0.4 is 0 Å². The van der Waals surface area contributed by atoms with E-state index in [2.05, 4.69) is 20.9 Å². The van der Waals surface area contributed by atoms with Crippen molar-refractivity contribution < 1.29 is 23.1 Å². The van der Waals surface area contributed by atoms with Crippen molar-refractivity contribution in [2.75, 3.05) is 0 Å². The van der Waals surface area contributed by atoms with E-state index >= 15 is 0 Å². The van der Waals surface area contributed by atoms with E-state index in [9.17, 15) is 18.0 Å². The molecule has 0 radical (unpaired) electrons. The highest BCUT2D eigenvalue weighted by Gasteiger charge is 2.34. The highest BCUT2D eigenvalue weighted by Crippen LogP contribution is 2.35. The zero-order valence-corrected chi connectivity index (χ0v) is 10.7. The van der Waals surface area contributed by atoms with Crippen molar-refractivity contribution in [3.05, 3.63) is 46.5 Å². The molecule has 0 bridgehead atoms. The molecule has 0 aliphatic rings. The summed E-state index contributed by atoms with van der Waals surface area (Å²) in [5.74, 6) is -1.30. The first-order chi connectivity index (χ1) is 8.79. The van der Waals surface area contributed by atoms with Gasteiger partial charge in [-0.2, -0.15) is 13.2 Å². The van der Waals surface area contributed by atoms with Crippen molar-refractivity contribution in [2.24, 2.45) is 0 Å². The van der Waals surface area contributed by atoms with Gasteiger partial charge in [-0.05, 0) is 18.2 Å². The molecule has 0 aliphatic carbocycles. The first kappa shape index (κ1) is 13.6. The molecule has 1 heterocycles. The van der Waals surface area contributed by atoms with Crippen LogP contribution >= 0.6 is 15.9 Å². The number of carbonyl (C=O) groups is 1. The summed E-state index contributed by atoms with van der Waals surface area (Å²) in [7, 11) is 0. The smallest absolute Gasteiger partial charge is 0.418 e. The molecule has 2 rings (SSSR count). The lowest BCUT2D eigenvalue weighted by molar-refractivity contribution is -0.137. The van der Waals surface area contributed by atoms with Gasteiger partial charge >= 0.3 is 12.1 Å². The van der Waals surface area contributed by atoms with Crippen molar-refractivity contribution in [3.63, 3.8) is 0 Å². The highest BCUT2D eigenvalue weighted by molar-refractivity contribution is 9.10. The summed E-state index contributed by atoms with van der Waals surface area (Å²) in [6.07, 6.45) is -2.49. The second-order valence-electron chi connectivity index (χ2n) is 3.63. The molecule has 0 unspecified atom stereocenters. The number of carboxylic acids is 1. The number of alkyl halides is 3. The van der Waals surface area contributed by atoms with Gasteiger partial charge in [-0.15, -0.1) is 0 Å². The van der Waals surface area contributed by atoms with Crippen LogP contribution in [-0.2, 0) is 6.18 Å². The topological polar surface area (TPSA) is 55.1 Å². The van der Waals surface area contributed by atoms with Crippen LogP contribution in [0.4, 0.5) is 13.2 Å². The van der Waals surface area contributed by atoms with E-state index in [4.69, 9.17) is 5.11 Å². The van der Waals surface area contributed by atoms with Gasteiger partial charge in [-0.3, -0.25) is 0 Å². The largest absolute Gasteiger partial charge is 0.476 e. The molecule has 0 spiro atoms. The number of aromatic nitrogens is 2. The van der Waals surface area contributed by atoms with Crippen LogP contribution in [0.3, 0.4) is 0 Å². The molecule has 1 aromatic carbocycles. The second-order valence-corrected chi connectivity index (χ2v) is 4.55. The Hall–Kier alpha value is -1.83. The number of benzene rings is 1. The van der Waals surface area contributed by atoms with Crippen LogP contribution in [0.2, 0.25) is 0 Å². The molecule has 0 atom stereocenters. The molecule has 0 aliphatic heterocycles. The molecular formula is C11H6BrF3N2O2. The molecule has 19 heavy (non-hydrogen) atoms. The van der Waals surface area contributed by atoms with Gasteiger partial charge in [0.25, 0.3) is 0 Å². The first-order valence-corrected chi connectivity index (χ1v) is 5.73.